The van der Waals surface area contributed by atoms with Gasteiger partial charge in [-0.25, -0.2) is 14.3 Å². The summed E-state index contributed by atoms with van der Waals surface area (Å²) in [6.07, 6.45) is 3.00. The monoisotopic (exact) mass is 345 g/mol. The first kappa shape index (κ1) is 17.5. The molecule has 2 amide bonds. The van der Waals surface area contributed by atoms with Crippen LogP contribution >= 0.6 is 0 Å². The Morgan fingerprint density at radius 2 is 2.24 bits per heavy atom. The molecule has 25 heavy (non-hydrogen) atoms. The van der Waals surface area contributed by atoms with Gasteiger partial charge in [0.15, 0.2) is 5.65 Å². The van der Waals surface area contributed by atoms with Gasteiger partial charge in [-0.05, 0) is 39.3 Å². The lowest BCUT2D eigenvalue weighted by Gasteiger charge is -2.17. The van der Waals surface area contributed by atoms with Crippen LogP contribution in [0.4, 0.5) is 10.6 Å². The predicted octanol–water partition coefficient (Wildman–Crippen LogP) is 1.23. The number of aryl methyl sites for hydroxylation is 1. The zero-order valence-corrected chi connectivity index (χ0v) is 15.1. The quantitative estimate of drug-likeness (QED) is 0.733. The molecule has 8 nitrogen and oxygen atoms in total. The third-order valence-electron chi connectivity index (χ3n) is 4.20. The minimum absolute atomic E-state index is 0.1000. The van der Waals surface area contributed by atoms with Gasteiger partial charge in [0.1, 0.15) is 5.82 Å². The highest BCUT2D eigenvalue weighted by molar-refractivity contribution is 5.74. The maximum atomic E-state index is 11.6. The molecule has 1 atom stereocenters. The summed E-state index contributed by atoms with van der Waals surface area (Å²) in [5, 5.41) is 13.8. The van der Waals surface area contributed by atoms with Crippen LogP contribution < -0.4 is 16.0 Å². The molecule has 136 valence electrons. The molecule has 2 aromatic heterocycles. The van der Waals surface area contributed by atoms with Crippen LogP contribution in [-0.4, -0.2) is 63.8 Å². The first-order valence-corrected chi connectivity index (χ1v) is 8.86. The average molecular weight is 345 g/mol. The first-order valence-electron chi connectivity index (χ1n) is 8.86. The van der Waals surface area contributed by atoms with Gasteiger partial charge in [0.2, 0.25) is 0 Å². The van der Waals surface area contributed by atoms with Crippen LogP contribution in [0.25, 0.3) is 5.65 Å². The van der Waals surface area contributed by atoms with E-state index in [1.165, 1.54) is 0 Å². The third-order valence-corrected chi connectivity index (χ3v) is 4.20. The van der Waals surface area contributed by atoms with Gasteiger partial charge in [0, 0.05) is 38.3 Å². The van der Waals surface area contributed by atoms with Crippen molar-refractivity contribution in [2.75, 3.05) is 31.5 Å². The number of urea groups is 1. The number of nitrogens with zero attached hydrogens (tertiary/aromatic N) is 4. The highest BCUT2D eigenvalue weighted by Crippen LogP contribution is 2.14. The summed E-state index contributed by atoms with van der Waals surface area (Å²) >= 11 is 0. The Hall–Kier alpha value is -2.35. The van der Waals surface area contributed by atoms with Crippen molar-refractivity contribution < 1.29 is 4.79 Å². The van der Waals surface area contributed by atoms with Crippen LogP contribution in [0.1, 0.15) is 26.0 Å². The van der Waals surface area contributed by atoms with Crippen LogP contribution in [0, 0.1) is 6.92 Å². The van der Waals surface area contributed by atoms with E-state index in [4.69, 9.17) is 0 Å². The molecule has 1 fully saturated rings. The molecular weight excluding hydrogens is 318 g/mol. The van der Waals surface area contributed by atoms with Crippen molar-refractivity contribution in [3.63, 3.8) is 0 Å². The summed E-state index contributed by atoms with van der Waals surface area (Å²) in [4.78, 5) is 18.3. The Morgan fingerprint density at radius 3 is 3.04 bits per heavy atom. The zero-order chi connectivity index (χ0) is 17.8. The lowest BCUT2D eigenvalue weighted by Crippen LogP contribution is -2.42. The van der Waals surface area contributed by atoms with E-state index >= 15 is 0 Å². The molecule has 0 saturated carbocycles. The van der Waals surface area contributed by atoms with Gasteiger partial charge in [0.25, 0.3) is 0 Å². The van der Waals surface area contributed by atoms with E-state index in [1.807, 2.05) is 43.6 Å². The van der Waals surface area contributed by atoms with E-state index < -0.39 is 0 Å². The molecule has 0 aromatic carbocycles. The van der Waals surface area contributed by atoms with E-state index in [2.05, 4.69) is 30.9 Å². The van der Waals surface area contributed by atoms with Gasteiger partial charge >= 0.3 is 6.03 Å². The standard InChI is InChI=1S/C17H27N7O/c1-12(2)19-17(25)18-7-9-23-8-6-14(11-23)21-15-4-5-16-20-13(3)10-24(16)22-15/h4-5,10,12,14H,6-9,11H2,1-3H3,(H,21,22)(H2,18,19,25). The number of aromatic nitrogens is 3. The van der Waals surface area contributed by atoms with Crippen LogP contribution in [0.5, 0.6) is 0 Å². The number of likely N-dealkylation sites (tertiary alicyclic amines) is 1. The summed E-state index contributed by atoms with van der Waals surface area (Å²) in [5.74, 6) is 0.867. The molecule has 2 aromatic rings. The summed E-state index contributed by atoms with van der Waals surface area (Å²) in [6, 6.07) is 4.38. The molecule has 3 heterocycles. The van der Waals surface area contributed by atoms with Crippen molar-refractivity contribution in [1.82, 2.24) is 30.1 Å². The largest absolute Gasteiger partial charge is 0.365 e. The molecule has 8 heteroatoms. The SMILES string of the molecule is Cc1cn2nc(NC3CCN(CCNC(=O)NC(C)C)C3)ccc2n1. The minimum atomic E-state index is -0.1000. The van der Waals surface area contributed by atoms with Crippen LogP contribution in [0.15, 0.2) is 18.3 Å². The molecular formula is C17H27N7O. The number of anilines is 1. The van der Waals surface area contributed by atoms with Crippen molar-refractivity contribution in [2.24, 2.45) is 0 Å². The molecule has 1 unspecified atom stereocenters. The fourth-order valence-corrected chi connectivity index (χ4v) is 3.08. The lowest BCUT2D eigenvalue weighted by atomic mass is 10.2. The fourth-order valence-electron chi connectivity index (χ4n) is 3.08. The molecule has 0 bridgehead atoms. The van der Waals surface area contributed by atoms with Gasteiger partial charge in [0.05, 0.1) is 11.9 Å². The summed E-state index contributed by atoms with van der Waals surface area (Å²) < 4.78 is 1.81. The van der Waals surface area contributed by atoms with Crippen molar-refractivity contribution in [2.45, 2.75) is 39.3 Å². The highest BCUT2D eigenvalue weighted by atomic mass is 16.2. The molecule has 3 rings (SSSR count). The average Bonchev–Trinajstić information content (AvgIpc) is 3.11. The van der Waals surface area contributed by atoms with Crippen LogP contribution in [-0.2, 0) is 0 Å². The minimum Gasteiger partial charge on any atom is -0.365 e. The van der Waals surface area contributed by atoms with Gasteiger partial charge in [-0.3, -0.25) is 4.90 Å². The van der Waals surface area contributed by atoms with Gasteiger partial charge in [-0.1, -0.05) is 0 Å². The van der Waals surface area contributed by atoms with Crippen LogP contribution in [0.3, 0.4) is 0 Å². The molecule has 0 spiro atoms. The summed E-state index contributed by atoms with van der Waals surface area (Å²) in [6.45, 7) is 9.36. The second kappa shape index (κ2) is 7.69. The number of nitrogens with one attached hydrogen (secondary N) is 3. The van der Waals surface area contributed by atoms with E-state index in [9.17, 15) is 4.79 Å². The topological polar surface area (TPSA) is 86.6 Å². The smallest absolute Gasteiger partial charge is 0.315 e. The number of carbonyl (C=O) groups excluding carboxylic acids is 1. The van der Waals surface area contributed by atoms with E-state index in [0.717, 1.165) is 43.2 Å². The molecule has 1 aliphatic rings. The van der Waals surface area contributed by atoms with Crippen molar-refractivity contribution >= 4 is 17.5 Å². The van der Waals surface area contributed by atoms with E-state index in [0.29, 0.717) is 12.6 Å². The van der Waals surface area contributed by atoms with E-state index in [-0.39, 0.29) is 12.1 Å². The number of fused-ring (bicyclic) bond motifs is 1. The third kappa shape index (κ3) is 4.82. The highest BCUT2D eigenvalue weighted by Gasteiger charge is 2.22. The number of hydrogen-bond donors (Lipinski definition) is 3. The predicted molar refractivity (Wildman–Crippen MR) is 97.9 cm³/mol. The molecule has 0 aliphatic carbocycles. The Balaban J connectivity index is 1.43. The Morgan fingerprint density at radius 1 is 1.40 bits per heavy atom. The van der Waals surface area contributed by atoms with Gasteiger partial charge in [-0.2, -0.15) is 0 Å². The maximum Gasteiger partial charge on any atom is 0.315 e. The van der Waals surface area contributed by atoms with E-state index in [1.54, 1.807) is 0 Å². The molecule has 3 N–H and O–H groups in total. The fraction of sp³-hybridized carbons (Fsp3) is 0.588. The van der Waals surface area contributed by atoms with Gasteiger partial charge in [-0.15, -0.1) is 5.10 Å². The Kier molecular flexibility index (Phi) is 5.37. The van der Waals surface area contributed by atoms with Crippen molar-refractivity contribution in [3.05, 3.63) is 24.0 Å². The Labute approximate surface area is 148 Å². The number of rotatable bonds is 6. The summed E-state index contributed by atoms with van der Waals surface area (Å²) in [5.41, 5.74) is 1.83. The van der Waals surface area contributed by atoms with Crippen molar-refractivity contribution in [1.29, 1.82) is 0 Å². The number of imidazole rings is 1. The number of amides is 2. The zero-order valence-electron chi connectivity index (χ0n) is 15.1. The normalized spacial score (nSPS) is 18.0. The number of carbonyl (C=O) groups is 1. The maximum absolute atomic E-state index is 11.6. The second-order valence-electron chi connectivity index (χ2n) is 6.89. The summed E-state index contributed by atoms with van der Waals surface area (Å²) in [7, 11) is 0. The van der Waals surface area contributed by atoms with Crippen molar-refractivity contribution in [3.8, 4) is 0 Å². The van der Waals surface area contributed by atoms with Crippen LogP contribution in [0.2, 0.25) is 0 Å². The number of hydrogen-bond acceptors (Lipinski definition) is 5. The molecule has 1 saturated heterocycles. The molecule has 0 radical (unpaired) electrons. The molecule has 1 aliphatic heterocycles. The Bertz CT molecular complexity index is 727. The lowest BCUT2D eigenvalue weighted by molar-refractivity contribution is 0.236. The van der Waals surface area contributed by atoms with Gasteiger partial charge < -0.3 is 16.0 Å². The first-order chi connectivity index (χ1) is 12.0. The second-order valence-corrected chi connectivity index (χ2v) is 6.89.